The van der Waals surface area contributed by atoms with Gasteiger partial charge in [0.25, 0.3) is 0 Å². The van der Waals surface area contributed by atoms with Crippen molar-refractivity contribution >= 4 is 0 Å². The summed E-state index contributed by atoms with van der Waals surface area (Å²) in [5.74, 6) is 0. The normalized spacial score (nSPS) is 3.00. The Morgan fingerprint density at radius 2 is 1.75 bits per heavy atom. The van der Waals surface area contributed by atoms with Crippen LogP contribution in [0.25, 0.3) is 5.73 Å². The maximum Gasteiger partial charge on any atom is 0 e. The fourth-order valence-electron chi connectivity index (χ4n) is 0. The minimum Gasteiger partial charge on any atom is -0.705 e. The molecule has 4 heavy (non-hydrogen) atoms. The van der Waals surface area contributed by atoms with Crippen molar-refractivity contribution in [2.45, 2.75) is 0 Å². The van der Waals surface area contributed by atoms with Gasteiger partial charge >= 0.3 is 0 Å². The van der Waals surface area contributed by atoms with Gasteiger partial charge in [0, 0.05) is 26.2 Å². The van der Waals surface area contributed by atoms with E-state index in [1.54, 1.807) is 0 Å². The molecule has 0 aromatic rings. The summed E-state index contributed by atoms with van der Waals surface area (Å²) in [6.45, 7) is 3.03. The number of hydrogen-bond acceptors (Lipinski definition) is 0. The van der Waals surface area contributed by atoms with E-state index in [9.17, 15) is 0 Å². The molecule has 0 aliphatic rings. The van der Waals surface area contributed by atoms with Crippen molar-refractivity contribution in [1.82, 2.24) is 0 Å². The molecule has 0 aliphatic heterocycles. The van der Waals surface area contributed by atoms with Gasteiger partial charge in [0.1, 0.15) is 0 Å². The minimum atomic E-state index is 0. The van der Waals surface area contributed by atoms with Crippen molar-refractivity contribution in [2.24, 2.45) is 0 Å². The van der Waals surface area contributed by atoms with E-state index in [1.807, 2.05) is 0 Å². The van der Waals surface area contributed by atoms with Crippen LogP contribution in [0.1, 0.15) is 0 Å². The van der Waals surface area contributed by atoms with E-state index in [0.717, 1.165) is 6.20 Å². The van der Waals surface area contributed by atoms with E-state index < -0.39 is 0 Å². The van der Waals surface area contributed by atoms with E-state index in [0.29, 0.717) is 0 Å². The van der Waals surface area contributed by atoms with Crippen molar-refractivity contribution in [3.63, 3.8) is 0 Å². The first-order valence-electron chi connectivity index (χ1n) is 0.697. The molecule has 0 radical (unpaired) electrons. The van der Waals surface area contributed by atoms with Crippen LogP contribution in [0.15, 0.2) is 12.8 Å². The predicted octanol–water partition coefficient (Wildman–Crippen LogP) is 1.18. The molecule has 0 saturated carbocycles. The fourth-order valence-corrected chi connectivity index (χ4v) is 0. The van der Waals surface area contributed by atoms with E-state index in [1.165, 1.54) is 0 Å². The Bertz CT molecular complexity index is 13.5. The van der Waals surface area contributed by atoms with Gasteiger partial charge in [-0.2, -0.15) is 6.20 Å². The maximum absolute atomic E-state index is 5.97. The van der Waals surface area contributed by atoms with Crippen LogP contribution >= 0.6 is 0 Å². The zero-order valence-corrected chi connectivity index (χ0v) is 4.74. The zero-order valence-electron chi connectivity index (χ0n) is 2.28. The molecule has 2 heteroatoms. The largest absolute Gasteiger partial charge is 0.705 e. The first-order valence-corrected chi connectivity index (χ1v) is 0.697. The van der Waals surface area contributed by atoms with E-state index in [4.69, 9.17) is 5.73 Å². The van der Waals surface area contributed by atoms with Crippen molar-refractivity contribution in [1.29, 1.82) is 0 Å². The zero-order chi connectivity index (χ0) is 2.71. The van der Waals surface area contributed by atoms with Crippen LogP contribution in [0.2, 0.25) is 0 Å². The second-order valence-corrected chi connectivity index (χ2v) is 0.204. The first kappa shape index (κ1) is 8.83. The third-order valence-corrected chi connectivity index (χ3v) is 0. The van der Waals surface area contributed by atoms with Gasteiger partial charge < -0.3 is 5.73 Å². The Kier molecular flexibility index (Phi) is 21.9. The van der Waals surface area contributed by atoms with E-state index >= 15 is 0 Å². The molecule has 0 atom stereocenters. The first-order chi connectivity index (χ1) is 1.41. The molecule has 0 rings (SSSR count). The third-order valence-electron chi connectivity index (χ3n) is 0. The molecule has 0 amide bonds. The predicted molar refractivity (Wildman–Crippen MR) is 14.5 cm³/mol. The third kappa shape index (κ3) is 27.4. The standard InChI is InChI=1S/C2H4N.Zr/c1-2-3;/h2-3H,1H2;/q-1;. The second-order valence-electron chi connectivity index (χ2n) is 0.204. The summed E-state index contributed by atoms with van der Waals surface area (Å²) >= 11 is 0. The van der Waals surface area contributed by atoms with Gasteiger partial charge in [0.15, 0.2) is 0 Å². The molecule has 0 spiro atoms. The number of hydrogen-bond donors (Lipinski definition) is 0. The maximum atomic E-state index is 5.97. The molecule has 22 valence electrons. The van der Waals surface area contributed by atoms with E-state index in [-0.39, 0.29) is 26.2 Å². The van der Waals surface area contributed by atoms with Gasteiger partial charge in [-0.05, 0) is 0 Å². The Morgan fingerprint density at radius 3 is 1.75 bits per heavy atom. The molecular weight excluding hydrogens is 129 g/mol. The summed E-state index contributed by atoms with van der Waals surface area (Å²) in [4.78, 5) is 0. The van der Waals surface area contributed by atoms with Gasteiger partial charge in [0.2, 0.25) is 0 Å². The summed E-state index contributed by atoms with van der Waals surface area (Å²) in [7, 11) is 0. The van der Waals surface area contributed by atoms with Crippen LogP contribution in [0.3, 0.4) is 0 Å². The molecule has 0 bridgehead atoms. The van der Waals surface area contributed by atoms with Gasteiger partial charge in [-0.25, -0.2) is 0 Å². The SMILES string of the molecule is C=C[NH-].[Zr]. The Labute approximate surface area is 45.0 Å². The molecule has 0 heterocycles. The van der Waals surface area contributed by atoms with Crippen LogP contribution < -0.4 is 0 Å². The van der Waals surface area contributed by atoms with E-state index in [2.05, 4.69) is 6.58 Å². The van der Waals surface area contributed by atoms with Crippen molar-refractivity contribution < 1.29 is 26.2 Å². The molecule has 1 N–H and O–H groups in total. The molecule has 0 fully saturated rings. The number of nitrogens with one attached hydrogen (secondary N) is 1. The quantitative estimate of drug-likeness (QED) is 0.474. The Morgan fingerprint density at radius 1 is 1.75 bits per heavy atom. The van der Waals surface area contributed by atoms with Gasteiger partial charge in [-0.1, -0.05) is 0 Å². The van der Waals surface area contributed by atoms with Crippen molar-refractivity contribution in [2.75, 3.05) is 0 Å². The molecule has 0 aliphatic carbocycles. The average molecular weight is 133 g/mol. The van der Waals surface area contributed by atoms with Crippen LogP contribution in [0.5, 0.6) is 0 Å². The fraction of sp³-hybridized carbons (Fsp3) is 0. The summed E-state index contributed by atoms with van der Waals surface area (Å²) in [6.07, 6.45) is 1.00. The molecular formula is C2H4NZr-. The Hall–Kier alpha value is 0.423. The van der Waals surface area contributed by atoms with Crippen molar-refractivity contribution in [3.8, 4) is 0 Å². The molecule has 0 unspecified atom stereocenters. The van der Waals surface area contributed by atoms with Crippen LogP contribution in [-0.2, 0) is 26.2 Å². The van der Waals surface area contributed by atoms with Crippen LogP contribution in [0, 0.1) is 0 Å². The van der Waals surface area contributed by atoms with Gasteiger partial charge in [-0.15, -0.1) is 6.58 Å². The smallest absolute Gasteiger partial charge is 0 e. The molecule has 0 aromatic heterocycles. The number of rotatable bonds is 0. The second kappa shape index (κ2) is 9.92. The summed E-state index contributed by atoms with van der Waals surface area (Å²) in [6, 6.07) is 0. The van der Waals surface area contributed by atoms with Gasteiger partial charge in [0.05, 0.1) is 0 Å². The molecule has 0 aromatic carbocycles. The topological polar surface area (TPSA) is 23.8 Å². The summed E-state index contributed by atoms with van der Waals surface area (Å²) < 4.78 is 0. The van der Waals surface area contributed by atoms with Crippen LogP contribution in [0.4, 0.5) is 0 Å². The minimum absolute atomic E-state index is 0. The van der Waals surface area contributed by atoms with Crippen LogP contribution in [-0.4, -0.2) is 0 Å². The summed E-state index contributed by atoms with van der Waals surface area (Å²) in [5, 5.41) is 0. The summed E-state index contributed by atoms with van der Waals surface area (Å²) in [5.41, 5.74) is 5.97. The molecule has 0 saturated heterocycles. The monoisotopic (exact) mass is 132 g/mol. The average Bonchev–Trinajstić information content (AvgIpc) is 0.918. The van der Waals surface area contributed by atoms with Gasteiger partial charge in [-0.3, -0.25) is 0 Å². The van der Waals surface area contributed by atoms with Crippen molar-refractivity contribution in [3.05, 3.63) is 18.5 Å². The Balaban J connectivity index is 0. The molecule has 1 nitrogen and oxygen atoms in total.